The molecule has 1 nitrogen and oxygen atoms in total. The lowest BCUT2D eigenvalue weighted by molar-refractivity contribution is 0.0905. The number of hydrogen-bond donors (Lipinski definition) is 0. The molecule has 106 valence electrons. The van der Waals surface area contributed by atoms with Crippen molar-refractivity contribution in [2.24, 2.45) is 5.92 Å². The largest absolute Gasteiger partial charge is 0.294 e. The summed E-state index contributed by atoms with van der Waals surface area (Å²) in [4.78, 5) is 12.5. The van der Waals surface area contributed by atoms with Crippen molar-refractivity contribution >= 4 is 5.78 Å². The zero-order chi connectivity index (χ0) is 14.5. The lowest BCUT2D eigenvalue weighted by Gasteiger charge is -2.20. The Balaban J connectivity index is 2.87. The van der Waals surface area contributed by atoms with Crippen LogP contribution in [0, 0.1) is 5.92 Å². The third-order valence-electron chi connectivity index (χ3n) is 3.68. The van der Waals surface area contributed by atoms with E-state index in [0.29, 0.717) is 5.78 Å². The van der Waals surface area contributed by atoms with Gasteiger partial charge in [-0.2, -0.15) is 0 Å². The maximum Gasteiger partial charge on any atom is 0.165 e. The highest BCUT2D eigenvalue weighted by molar-refractivity contribution is 5.97. The molecule has 0 aromatic heterocycles. The van der Waals surface area contributed by atoms with E-state index < -0.39 is 0 Å². The summed E-state index contributed by atoms with van der Waals surface area (Å²) in [5, 5.41) is 0. The standard InChI is InChI=1S/C18H28O/c1-6-8-14(9-7-2)17(19)15-10-12-16(13-11-15)18(3,4)5/h10-14H,6-9H2,1-5H3. The smallest absolute Gasteiger partial charge is 0.165 e. The quantitative estimate of drug-likeness (QED) is 0.627. The Morgan fingerprint density at radius 3 is 1.84 bits per heavy atom. The summed E-state index contributed by atoms with van der Waals surface area (Å²) in [7, 11) is 0. The van der Waals surface area contributed by atoms with Crippen LogP contribution in [0.5, 0.6) is 0 Å². The van der Waals surface area contributed by atoms with Gasteiger partial charge in [0.15, 0.2) is 5.78 Å². The Morgan fingerprint density at radius 2 is 1.47 bits per heavy atom. The highest BCUT2D eigenvalue weighted by Gasteiger charge is 2.19. The van der Waals surface area contributed by atoms with Crippen molar-refractivity contribution in [3.63, 3.8) is 0 Å². The normalized spacial score (nSPS) is 11.9. The zero-order valence-electron chi connectivity index (χ0n) is 13.1. The molecule has 0 aliphatic heterocycles. The van der Waals surface area contributed by atoms with Crippen LogP contribution in [0.1, 0.15) is 76.2 Å². The molecule has 19 heavy (non-hydrogen) atoms. The Morgan fingerprint density at radius 1 is 1.00 bits per heavy atom. The molecule has 0 N–H and O–H groups in total. The second-order valence-electron chi connectivity index (χ2n) is 6.47. The van der Waals surface area contributed by atoms with Crippen molar-refractivity contribution in [3.8, 4) is 0 Å². The van der Waals surface area contributed by atoms with Crippen LogP contribution in [-0.4, -0.2) is 5.78 Å². The summed E-state index contributed by atoms with van der Waals surface area (Å²) in [5.41, 5.74) is 2.31. The van der Waals surface area contributed by atoms with Gasteiger partial charge in [0.2, 0.25) is 0 Å². The fourth-order valence-electron chi connectivity index (χ4n) is 2.47. The molecule has 1 aromatic rings. The Labute approximate surface area is 118 Å². The molecule has 0 aliphatic carbocycles. The summed E-state index contributed by atoms with van der Waals surface area (Å²) in [6.07, 6.45) is 4.17. The fourth-order valence-corrected chi connectivity index (χ4v) is 2.47. The molecule has 0 fully saturated rings. The lowest BCUT2D eigenvalue weighted by Crippen LogP contribution is -2.16. The van der Waals surface area contributed by atoms with E-state index in [9.17, 15) is 4.79 Å². The number of ketones is 1. The fraction of sp³-hybridized carbons (Fsp3) is 0.611. The average molecular weight is 260 g/mol. The van der Waals surface area contributed by atoms with Crippen molar-refractivity contribution < 1.29 is 4.79 Å². The minimum absolute atomic E-state index is 0.147. The Hall–Kier alpha value is -1.11. The van der Waals surface area contributed by atoms with Crippen molar-refractivity contribution in [1.82, 2.24) is 0 Å². The van der Waals surface area contributed by atoms with Crippen molar-refractivity contribution in [3.05, 3.63) is 35.4 Å². The summed E-state index contributed by atoms with van der Waals surface area (Å²) in [6, 6.07) is 8.20. The molecule has 0 saturated carbocycles. The molecule has 1 heteroatoms. The molecule has 0 radical (unpaired) electrons. The van der Waals surface area contributed by atoms with E-state index in [2.05, 4.69) is 46.8 Å². The Kier molecular flexibility index (Phi) is 5.78. The number of hydrogen-bond acceptors (Lipinski definition) is 1. The van der Waals surface area contributed by atoms with Gasteiger partial charge in [0.25, 0.3) is 0 Å². The second-order valence-corrected chi connectivity index (χ2v) is 6.47. The van der Waals surface area contributed by atoms with Gasteiger partial charge in [0.05, 0.1) is 0 Å². The van der Waals surface area contributed by atoms with Crippen LogP contribution in [0.2, 0.25) is 0 Å². The minimum atomic E-state index is 0.147. The molecule has 0 aliphatic rings. The van der Waals surface area contributed by atoms with Gasteiger partial charge in [-0.1, -0.05) is 71.7 Å². The number of benzene rings is 1. The topological polar surface area (TPSA) is 17.1 Å². The van der Waals surface area contributed by atoms with Gasteiger partial charge in [-0.25, -0.2) is 0 Å². The number of carbonyl (C=O) groups excluding carboxylic acids is 1. The van der Waals surface area contributed by atoms with Crippen LogP contribution < -0.4 is 0 Å². The van der Waals surface area contributed by atoms with E-state index in [4.69, 9.17) is 0 Å². The van der Waals surface area contributed by atoms with Crippen LogP contribution >= 0.6 is 0 Å². The summed E-state index contributed by atoms with van der Waals surface area (Å²) in [6.45, 7) is 10.9. The summed E-state index contributed by atoms with van der Waals surface area (Å²) < 4.78 is 0. The molecular weight excluding hydrogens is 232 g/mol. The van der Waals surface area contributed by atoms with Crippen LogP contribution in [0.3, 0.4) is 0 Å². The molecular formula is C18H28O. The summed E-state index contributed by atoms with van der Waals surface area (Å²) in [5.74, 6) is 0.527. The van der Waals surface area contributed by atoms with E-state index in [1.165, 1.54) is 5.56 Å². The van der Waals surface area contributed by atoms with Crippen molar-refractivity contribution in [2.75, 3.05) is 0 Å². The maximum atomic E-state index is 12.5. The monoisotopic (exact) mass is 260 g/mol. The minimum Gasteiger partial charge on any atom is -0.294 e. The predicted molar refractivity (Wildman–Crippen MR) is 82.8 cm³/mol. The van der Waals surface area contributed by atoms with Crippen molar-refractivity contribution in [1.29, 1.82) is 0 Å². The molecule has 0 unspecified atom stereocenters. The third-order valence-corrected chi connectivity index (χ3v) is 3.68. The van der Waals surface area contributed by atoms with Crippen LogP contribution in [0.25, 0.3) is 0 Å². The third kappa shape index (κ3) is 4.49. The molecule has 0 spiro atoms. The molecule has 1 aromatic carbocycles. The first kappa shape index (κ1) is 15.9. The highest BCUT2D eigenvalue weighted by atomic mass is 16.1. The average Bonchev–Trinajstić information content (AvgIpc) is 2.37. The maximum absolute atomic E-state index is 12.5. The van der Waals surface area contributed by atoms with E-state index in [0.717, 1.165) is 31.2 Å². The van der Waals surface area contributed by atoms with Gasteiger partial charge in [0, 0.05) is 11.5 Å². The van der Waals surface area contributed by atoms with Gasteiger partial charge in [0.1, 0.15) is 0 Å². The highest BCUT2D eigenvalue weighted by Crippen LogP contribution is 2.24. The van der Waals surface area contributed by atoms with Crippen LogP contribution in [0.4, 0.5) is 0 Å². The number of carbonyl (C=O) groups is 1. The van der Waals surface area contributed by atoms with Crippen molar-refractivity contribution in [2.45, 2.75) is 65.7 Å². The summed E-state index contributed by atoms with van der Waals surface area (Å²) >= 11 is 0. The van der Waals surface area contributed by atoms with Crippen LogP contribution in [-0.2, 0) is 5.41 Å². The number of Topliss-reactive ketones (excluding diaryl/α,β-unsaturated/α-hetero) is 1. The van der Waals surface area contributed by atoms with E-state index in [1.807, 2.05) is 12.1 Å². The first-order chi connectivity index (χ1) is 8.90. The molecule has 0 atom stereocenters. The lowest BCUT2D eigenvalue weighted by atomic mass is 9.85. The van der Waals surface area contributed by atoms with Gasteiger partial charge >= 0.3 is 0 Å². The predicted octanol–water partition coefficient (Wildman–Crippen LogP) is 5.38. The molecule has 1 rings (SSSR count). The SMILES string of the molecule is CCCC(CCC)C(=O)c1ccc(C(C)(C)C)cc1. The number of rotatable bonds is 6. The Bertz CT molecular complexity index is 389. The van der Waals surface area contributed by atoms with E-state index in [1.54, 1.807) is 0 Å². The first-order valence-electron chi connectivity index (χ1n) is 7.54. The van der Waals surface area contributed by atoms with E-state index >= 15 is 0 Å². The second kappa shape index (κ2) is 6.88. The van der Waals surface area contributed by atoms with Crippen LogP contribution in [0.15, 0.2) is 24.3 Å². The molecule has 0 bridgehead atoms. The molecule has 0 heterocycles. The molecule has 0 saturated heterocycles. The van der Waals surface area contributed by atoms with Gasteiger partial charge in [-0.15, -0.1) is 0 Å². The van der Waals surface area contributed by atoms with Gasteiger partial charge in [-0.3, -0.25) is 4.79 Å². The van der Waals surface area contributed by atoms with Gasteiger partial charge < -0.3 is 0 Å². The van der Waals surface area contributed by atoms with Gasteiger partial charge in [-0.05, 0) is 23.8 Å². The molecule has 0 amide bonds. The van der Waals surface area contributed by atoms with E-state index in [-0.39, 0.29) is 11.3 Å². The first-order valence-corrected chi connectivity index (χ1v) is 7.54. The zero-order valence-corrected chi connectivity index (χ0v) is 13.1.